The van der Waals surface area contributed by atoms with Gasteiger partial charge in [-0.05, 0) is 46.3 Å². The number of nitrogens with zero attached hydrogens (tertiary/aromatic N) is 8. The SMILES string of the molecule is C[N+](C)(C/C=C/C(=O)Nc1cc2c(Nc3ccc(OCc4ccccn4)c(F)c3)ncnc2cn1)CC1=C([N+](=O)[O-])N=C(C#N)C1. The van der Waals surface area contributed by atoms with Gasteiger partial charge in [-0.15, -0.1) is 0 Å². The summed E-state index contributed by atoms with van der Waals surface area (Å²) in [5.41, 5.74) is 2.16. The lowest BCUT2D eigenvalue weighted by Crippen LogP contribution is -2.41. The molecule has 3 aromatic heterocycles. The van der Waals surface area contributed by atoms with Crippen LogP contribution in [0.15, 0.2) is 89.7 Å². The van der Waals surface area contributed by atoms with Crippen molar-refractivity contribution in [2.45, 2.75) is 13.0 Å². The third-order valence-electron chi connectivity index (χ3n) is 6.80. The number of hydrogen-bond acceptors (Lipinski definition) is 11. The van der Waals surface area contributed by atoms with Crippen LogP contribution in [0.25, 0.3) is 10.9 Å². The molecule has 1 aliphatic heterocycles. The van der Waals surface area contributed by atoms with Crippen molar-refractivity contribution in [2.24, 2.45) is 4.99 Å². The van der Waals surface area contributed by atoms with E-state index in [0.717, 1.165) is 0 Å². The summed E-state index contributed by atoms with van der Waals surface area (Å²) in [6.45, 7) is 0.779. The van der Waals surface area contributed by atoms with E-state index in [4.69, 9.17) is 10.00 Å². The number of halogens is 1. The van der Waals surface area contributed by atoms with Crippen molar-refractivity contribution in [3.05, 3.63) is 106 Å². The third kappa shape index (κ3) is 7.87. The summed E-state index contributed by atoms with van der Waals surface area (Å²) in [6, 6.07) is 13.3. The second-order valence-electron chi connectivity index (χ2n) is 10.9. The van der Waals surface area contributed by atoms with Crippen LogP contribution in [0.2, 0.25) is 0 Å². The van der Waals surface area contributed by atoms with Gasteiger partial charge in [0, 0.05) is 29.4 Å². The van der Waals surface area contributed by atoms with Crippen LogP contribution in [0.1, 0.15) is 12.1 Å². The zero-order valence-corrected chi connectivity index (χ0v) is 24.8. The number of pyridine rings is 2. The number of fused-ring (bicyclic) bond motifs is 1. The first kappa shape index (κ1) is 31.3. The Morgan fingerprint density at radius 2 is 2.04 bits per heavy atom. The number of nitro groups is 1. The van der Waals surface area contributed by atoms with E-state index in [1.807, 2.05) is 26.2 Å². The number of carbonyl (C=O) groups is 1. The van der Waals surface area contributed by atoms with E-state index in [1.54, 1.807) is 36.5 Å². The number of quaternary nitrogens is 1. The average molecular weight is 624 g/mol. The smallest absolute Gasteiger partial charge is 0.369 e. The molecular weight excluding hydrogens is 595 g/mol. The molecule has 4 aromatic rings. The molecule has 1 aromatic carbocycles. The molecule has 0 atom stereocenters. The maximum absolute atomic E-state index is 14.8. The molecule has 0 fully saturated rings. The monoisotopic (exact) mass is 623 g/mol. The van der Waals surface area contributed by atoms with Gasteiger partial charge in [-0.1, -0.05) is 6.07 Å². The van der Waals surface area contributed by atoms with Crippen LogP contribution in [-0.4, -0.2) is 68.1 Å². The number of anilines is 3. The predicted molar refractivity (Wildman–Crippen MR) is 167 cm³/mol. The fourth-order valence-corrected chi connectivity index (χ4v) is 4.68. The van der Waals surface area contributed by atoms with E-state index in [9.17, 15) is 19.3 Å². The highest BCUT2D eigenvalue weighted by Gasteiger charge is 2.33. The number of rotatable bonds is 12. The van der Waals surface area contributed by atoms with Gasteiger partial charge < -0.3 is 30.0 Å². The van der Waals surface area contributed by atoms with Crippen LogP contribution < -0.4 is 15.4 Å². The number of hydrogen-bond donors (Lipinski definition) is 2. The fraction of sp³-hybridized carbons (Fsp3) is 0.194. The zero-order chi connectivity index (χ0) is 32.7. The minimum atomic E-state index is -0.583. The maximum atomic E-state index is 14.8. The maximum Gasteiger partial charge on any atom is 0.369 e. The van der Waals surface area contributed by atoms with E-state index < -0.39 is 16.6 Å². The standard InChI is InChI=1S/C31H27FN10O4/c1-42(2,17-20-12-23(15-33)39-31(20)41(44)45)11-5-7-29(43)40-28-14-24-26(16-35-28)36-19-37-30(24)38-21-8-9-27(25(32)13-21)46-18-22-6-3-4-10-34-22/h3-10,13-14,16,19H,11-12,17-18H2,1-2H3,(H-,35,36,37,38,40,43)/p+1/b7-5+. The number of aliphatic imine (C=N–C) groups is 1. The summed E-state index contributed by atoms with van der Waals surface area (Å²) in [5.74, 6) is -0.613. The summed E-state index contributed by atoms with van der Waals surface area (Å²) < 4.78 is 20.7. The summed E-state index contributed by atoms with van der Waals surface area (Å²) in [5, 5.41) is 26.7. The Labute approximate surface area is 262 Å². The molecule has 0 bridgehead atoms. The van der Waals surface area contributed by atoms with Crippen molar-refractivity contribution >= 4 is 39.8 Å². The molecule has 0 radical (unpaired) electrons. The molecule has 1 amide bonds. The van der Waals surface area contributed by atoms with Gasteiger partial charge in [0.05, 0.1) is 50.0 Å². The third-order valence-corrected chi connectivity index (χ3v) is 6.80. The van der Waals surface area contributed by atoms with Gasteiger partial charge in [0.25, 0.3) is 0 Å². The normalized spacial score (nSPS) is 13.0. The van der Waals surface area contributed by atoms with Crippen LogP contribution in [-0.2, 0) is 11.4 Å². The number of nitrogens with one attached hydrogen (secondary N) is 2. The number of ether oxygens (including phenoxy) is 1. The van der Waals surface area contributed by atoms with Gasteiger partial charge in [0.2, 0.25) is 11.6 Å². The largest absolute Gasteiger partial charge is 0.484 e. The second kappa shape index (κ2) is 13.7. The molecule has 5 rings (SSSR count). The molecule has 14 nitrogen and oxygen atoms in total. The van der Waals surface area contributed by atoms with Crippen molar-refractivity contribution in [3.8, 4) is 11.8 Å². The van der Waals surface area contributed by atoms with Crippen molar-refractivity contribution in [3.63, 3.8) is 0 Å². The molecule has 0 saturated heterocycles. The van der Waals surface area contributed by atoms with E-state index in [-0.39, 0.29) is 42.7 Å². The van der Waals surface area contributed by atoms with Crippen molar-refractivity contribution < 1.29 is 23.3 Å². The number of aromatic nitrogens is 4. The van der Waals surface area contributed by atoms with E-state index >= 15 is 0 Å². The number of amides is 1. The highest BCUT2D eigenvalue weighted by molar-refractivity contribution is 6.02. The van der Waals surface area contributed by atoms with Gasteiger partial charge in [-0.25, -0.2) is 19.3 Å². The Morgan fingerprint density at radius 3 is 2.78 bits per heavy atom. The molecule has 0 saturated carbocycles. The molecular formula is C31H28FN10O4+. The van der Waals surface area contributed by atoms with Gasteiger partial charge >= 0.3 is 5.82 Å². The van der Waals surface area contributed by atoms with Crippen LogP contribution in [0.4, 0.5) is 21.7 Å². The minimum absolute atomic E-state index is 0.0762. The molecule has 0 spiro atoms. The summed E-state index contributed by atoms with van der Waals surface area (Å²) in [6.07, 6.45) is 7.60. The molecule has 15 heteroatoms. The number of nitriles is 1. The Morgan fingerprint density at radius 1 is 1.20 bits per heavy atom. The predicted octanol–water partition coefficient (Wildman–Crippen LogP) is 4.31. The number of carbonyl (C=O) groups excluding carboxylic acids is 1. The molecule has 1 aliphatic rings. The van der Waals surface area contributed by atoms with Gasteiger partial charge in [-0.2, -0.15) is 5.26 Å². The Kier molecular flexibility index (Phi) is 9.29. The topological polar surface area (TPSA) is 181 Å². The minimum Gasteiger partial charge on any atom is -0.484 e. The van der Waals surface area contributed by atoms with Gasteiger partial charge in [0.15, 0.2) is 11.6 Å². The van der Waals surface area contributed by atoms with Gasteiger partial charge in [0.1, 0.15) is 37.2 Å². The molecule has 46 heavy (non-hydrogen) atoms. The Balaban J connectivity index is 1.21. The molecule has 0 unspecified atom stereocenters. The lowest BCUT2D eigenvalue weighted by atomic mass is 10.1. The summed E-state index contributed by atoms with van der Waals surface area (Å²) in [7, 11) is 3.70. The van der Waals surface area contributed by atoms with Crippen LogP contribution in [0.3, 0.4) is 0 Å². The van der Waals surface area contributed by atoms with E-state index in [0.29, 0.717) is 44.7 Å². The number of likely N-dealkylation sites (N-methyl/N-ethyl adjacent to an activating group) is 1. The zero-order valence-electron chi connectivity index (χ0n) is 24.8. The quantitative estimate of drug-likeness (QED) is 0.0999. The highest BCUT2D eigenvalue weighted by atomic mass is 19.1. The second-order valence-corrected chi connectivity index (χ2v) is 10.9. The van der Waals surface area contributed by atoms with Crippen LogP contribution >= 0.6 is 0 Å². The van der Waals surface area contributed by atoms with Crippen LogP contribution in [0, 0.1) is 27.3 Å². The van der Waals surface area contributed by atoms with E-state index in [2.05, 4.69) is 35.6 Å². The first-order valence-electron chi connectivity index (χ1n) is 13.9. The van der Waals surface area contributed by atoms with Crippen LogP contribution in [0.5, 0.6) is 5.75 Å². The number of benzene rings is 1. The summed E-state index contributed by atoms with van der Waals surface area (Å²) >= 11 is 0. The first-order valence-corrected chi connectivity index (χ1v) is 13.9. The highest BCUT2D eigenvalue weighted by Crippen LogP contribution is 2.28. The lowest BCUT2D eigenvalue weighted by Gasteiger charge is -2.28. The molecule has 0 aliphatic carbocycles. The van der Waals surface area contributed by atoms with E-state index in [1.165, 1.54) is 30.7 Å². The Bertz CT molecular complexity index is 1940. The van der Waals surface area contributed by atoms with Gasteiger partial charge in [-0.3, -0.25) is 9.78 Å². The van der Waals surface area contributed by atoms with Crippen molar-refractivity contribution in [2.75, 3.05) is 37.8 Å². The fourth-order valence-electron chi connectivity index (χ4n) is 4.68. The van der Waals surface area contributed by atoms with Crippen molar-refractivity contribution in [1.82, 2.24) is 19.9 Å². The lowest BCUT2D eigenvalue weighted by molar-refractivity contribution is -0.880. The van der Waals surface area contributed by atoms with Crippen molar-refractivity contribution in [1.29, 1.82) is 5.26 Å². The molecule has 2 N–H and O–H groups in total. The first-order chi connectivity index (χ1) is 22.1. The molecule has 4 heterocycles. The summed E-state index contributed by atoms with van der Waals surface area (Å²) in [4.78, 5) is 44.2. The Hall–Kier alpha value is -6.14. The molecule has 232 valence electrons. The average Bonchev–Trinajstić information content (AvgIpc) is 3.44.